The van der Waals surface area contributed by atoms with Crippen molar-refractivity contribution in [1.82, 2.24) is 0 Å². The second-order valence-electron chi connectivity index (χ2n) is 5.32. The van der Waals surface area contributed by atoms with E-state index in [1.54, 1.807) is 24.3 Å². The van der Waals surface area contributed by atoms with Crippen LogP contribution in [0.5, 0.6) is 5.75 Å². The largest absolute Gasteiger partial charge is 0.462 e. The SMILES string of the molecule is CCCCOC(=O)c1ccc(OC(=O)/C=C/c2ccc(F)cc2)cc1. The summed E-state index contributed by atoms with van der Waals surface area (Å²) in [5, 5.41) is 0. The van der Waals surface area contributed by atoms with E-state index in [4.69, 9.17) is 9.47 Å². The van der Waals surface area contributed by atoms with Crippen molar-refractivity contribution >= 4 is 18.0 Å². The smallest absolute Gasteiger partial charge is 0.338 e. The third kappa shape index (κ3) is 6.22. The first-order valence-corrected chi connectivity index (χ1v) is 8.01. The quantitative estimate of drug-likeness (QED) is 0.324. The van der Waals surface area contributed by atoms with Gasteiger partial charge in [0.15, 0.2) is 0 Å². The fraction of sp³-hybridized carbons (Fsp3) is 0.200. The van der Waals surface area contributed by atoms with Crippen molar-refractivity contribution < 1.29 is 23.5 Å². The van der Waals surface area contributed by atoms with Crippen LogP contribution in [0.25, 0.3) is 6.08 Å². The minimum absolute atomic E-state index is 0.318. The number of esters is 2. The minimum atomic E-state index is -0.567. The van der Waals surface area contributed by atoms with Crippen LogP contribution < -0.4 is 4.74 Å². The van der Waals surface area contributed by atoms with E-state index in [1.165, 1.54) is 36.4 Å². The summed E-state index contributed by atoms with van der Waals surface area (Å²) in [6, 6.07) is 11.9. The Bertz CT molecular complexity index is 733. The Morgan fingerprint density at radius 2 is 1.72 bits per heavy atom. The molecule has 0 aliphatic heterocycles. The number of carbonyl (C=O) groups excluding carboxylic acids is 2. The highest BCUT2D eigenvalue weighted by Crippen LogP contribution is 2.14. The van der Waals surface area contributed by atoms with Crippen LogP contribution in [0, 0.1) is 5.82 Å². The second kappa shape index (κ2) is 9.37. The van der Waals surface area contributed by atoms with Gasteiger partial charge in [0.05, 0.1) is 12.2 Å². The fourth-order valence-electron chi connectivity index (χ4n) is 1.94. The molecule has 0 atom stereocenters. The number of carbonyl (C=O) groups is 2. The molecule has 0 radical (unpaired) electrons. The van der Waals surface area contributed by atoms with Gasteiger partial charge in [-0.3, -0.25) is 0 Å². The summed E-state index contributed by atoms with van der Waals surface area (Å²) < 4.78 is 23.0. The lowest BCUT2D eigenvalue weighted by Gasteiger charge is -2.05. The van der Waals surface area contributed by atoms with Crippen molar-refractivity contribution in [1.29, 1.82) is 0 Å². The van der Waals surface area contributed by atoms with E-state index in [2.05, 4.69) is 0 Å². The third-order valence-electron chi connectivity index (χ3n) is 3.32. The summed E-state index contributed by atoms with van der Waals surface area (Å²) in [5.74, 6) is -0.989. The number of hydrogen-bond acceptors (Lipinski definition) is 4. The zero-order valence-electron chi connectivity index (χ0n) is 13.9. The van der Waals surface area contributed by atoms with Crippen LogP contribution in [0.2, 0.25) is 0 Å². The molecule has 0 amide bonds. The maximum Gasteiger partial charge on any atom is 0.338 e. The summed E-state index contributed by atoms with van der Waals surface area (Å²) in [6.45, 7) is 2.40. The summed E-state index contributed by atoms with van der Waals surface area (Å²) in [5.41, 5.74) is 1.08. The second-order valence-corrected chi connectivity index (χ2v) is 5.32. The van der Waals surface area contributed by atoms with Gasteiger partial charge < -0.3 is 9.47 Å². The van der Waals surface area contributed by atoms with Crippen LogP contribution in [0.1, 0.15) is 35.7 Å². The van der Waals surface area contributed by atoms with Gasteiger partial charge in [0.2, 0.25) is 0 Å². The third-order valence-corrected chi connectivity index (χ3v) is 3.32. The van der Waals surface area contributed by atoms with Crippen molar-refractivity contribution in [2.24, 2.45) is 0 Å². The molecule has 2 aromatic carbocycles. The lowest BCUT2D eigenvalue weighted by atomic mass is 10.2. The predicted octanol–water partition coefficient (Wildman–Crippen LogP) is 4.40. The summed E-state index contributed by atoms with van der Waals surface area (Å²) in [7, 11) is 0. The van der Waals surface area contributed by atoms with Gasteiger partial charge in [-0.05, 0) is 54.5 Å². The van der Waals surface area contributed by atoms with Gasteiger partial charge in [0, 0.05) is 6.08 Å². The molecular formula is C20H19FO4. The van der Waals surface area contributed by atoms with E-state index in [9.17, 15) is 14.0 Å². The van der Waals surface area contributed by atoms with Gasteiger partial charge >= 0.3 is 11.9 Å². The zero-order valence-corrected chi connectivity index (χ0v) is 13.9. The monoisotopic (exact) mass is 342 g/mol. The average Bonchev–Trinajstić information content (AvgIpc) is 2.62. The van der Waals surface area contributed by atoms with Crippen molar-refractivity contribution in [3.05, 3.63) is 71.6 Å². The maximum atomic E-state index is 12.8. The van der Waals surface area contributed by atoms with E-state index in [0.29, 0.717) is 23.5 Å². The number of hydrogen-bond donors (Lipinski definition) is 0. The molecule has 2 aromatic rings. The van der Waals surface area contributed by atoms with Crippen LogP contribution in [-0.4, -0.2) is 18.5 Å². The minimum Gasteiger partial charge on any atom is -0.462 e. The highest BCUT2D eigenvalue weighted by Gasteiger charge is 2.08. The van der Waals surface area contributed by atoms with Gasteiger partial charge in [-0.15, -0.1) is 0 Å². The van der Waals surface area contributed by atoms with Crippen LogP contribution in [0.3, 0.4) is 0 Å². The maximum absolute atomic E-state index is 12.8. The molecule has 0 unspecified atom stereocenters. The zero-order chi connectivity index (χ0) is 18.1. The molecule has 0 aliphatic carbocycles. The van der Waals surface area contributed by atoms with Crippen molar-refractivity contribution in [3.63, 3.8) is 0 Å². The number of rotatable bonds is 7. The Hall–Kier alpha value is -2.95. The van der Waals surface area contributed by atoms with Gasteiger partial charge in [-0.2, -0.15) is 0 Å². The molecule has 2 rings (SSSR count). The van der Waals surface area contributed by atoms with E-state index in [1.807, 2.05) is 6.92 Å². The molecular weight excluding hydrogens is 323 g/mol. The van der Waals surface area contributed by atoms with Gasteiger partial charge in [0.1, 0.15) is 11.6 Å². The first kappa shape index (κ1) is 18.4. The Balaban J connectivity index is 1.88. The van der Waals surface area contributed by atoms with Crippen molar-refractivity contribution in [2.75, 3.05) is 6.61 Å². The van der Waals surface area contributed by atoms with E-state index < -0.39 is 11.9 Å². The topological polar surface area (TPSA) is 52.6 Å². The molecule has 0 saturated carbocycles. The van der Waals surface area contributed by atoms with Gasteiger partial charge in [-0.1, -0.05) is 25.5 Å². The van der Waals surface area contributed by atoms with E-state index in [0.717, 1.165) is 12.8 Å². The molecule has 0 heterocycles. The molecule has 25 heavy (non-hydrogen) atoms. The van der Waals surface area contributed by atoms with Crippen LogP contribution >= 0.6 is 0 Å². The molecule has 0 bridgehead atoms. The first-order chi connectivity index (χ1) is 12.1. The fourth-order valence-corrected chi connectivity index (χ4v) is 1.94. The lowest BCUT2D eigenvalue weighted by Crippen LogP contribution is -2.07. The highest BCUT2D eigenvalue weighted by atomic mass is 19.1. The van der Waals surface area contributed by atoms with Crippen molar-refractivity contribution in [3.8, 4) is 5.75 Å². The Labute approximate surface area is 145 Å². The predicted molar refractivity (Wildman–Crippen MR) is 92.7 cm³/mol. The first-order valence-electron chi connectivity index (χ1n) is 8.01. The molecule has 0 fully saturated rings. The molecule has 0 spiro atoms. The normalized spacial score (nSPS) is 10.6. The Morgan fingerprint density at radius 3 is 2.36 bits per heavy atom. The molecule has 4 nitrogen and oxygen atoms in total. The summed E-state index contributed by atoms with van der Waals surface area (Å²) >= 11 is 0. The van der Waals surface area contributed by atoms with Crippen LogP contribution in [0.15, 0.2) is 54.6 Å². The summed E-state index contributed by atoms with van der Waals surface area (Å²) in [6.07, 6.45) is 4.55. The number of ether oxygens (including phenoxy) is 2. The molecule has 0 aliphatic rings. The van der Waals surface area contributed by atoms with Crippen LogP contribution in [0.4, 0.5) is 4.39 Å². The van der Waals surface area contributed by atoms with Crippen LogP contribution in [-0.2, 0) is 9.53 Å². The molecule has 0 N–H and O–H groups in total. The Kier molecular flexibility index (Phi) is 6.89. The van der Waals surface area contributed by atoms with E-state index in [-0.39, 0.29) is 5.82 Å². The molecule has 0 saturated heterocycles. The molecule has 5 heteroatoms. The van der Waals surface area contributed by atoms with E-state index >= 15 is 0 Å². The molecule has 0 aromatic heterocycles. The number of halogens is 1. The van der Waals surface area contributed by atoms with Gasteiger partial charge in [0.25, 0.3) is 0 Å². The van der Waals surface area contributed by atoms with Crippen molar-refractivity contribution in [2.45, 2.75) is 19.8 Å². The lowest BCUT2D eigenvalue weighted by molar-refractivity contribution is -0.128. The highest BCUT2D eigenvalue weighted by molar-refractivity contribution is 5.90. The van der Waals surface area contributed by atoms with Gasteiger partial charge in [-0.25, -0.2) is 14.0 Å². The summed E-state index contributed by atoms with van der Waals surface area (Å²) in [4.78, 5) is 23.5. The Morgan fingerprint density at radius 1 is 1.04 bits per heavy atom. The standard InChI is InChI=1S/C20H19FO4/c1-2-3-14-24-20(23)16-7-11-18(12-8-16)25-19(22)13-6-15-4-9-17(21)10-5-15/h4-13H,2-3,14H2,1H3/b13-6+. The average molecular weight is 342 g/mol. The molecule has 130 valence electrons. The number of unbranched alkanes of at least 4 members (excludes halogenated alkanes) is 1. The number of benzene rings is 2.